The van der Waals surface area contributed by atoms with Crippen molar-refractivity contribution < 1.29 is 4.79 Å². The van der Waals surface area contributed by atoms with Crippen LogP contribution in [0.3, 0.4) is 0 Å². The van der Waals surface area contributed by atoms with Crippen LogP contribution in [0.4, 0.5) is 5.82 Å². The number of nitrogens with zero attached hydrogens (tertiary/aromatic N) is 1. The third-order valence-corrected chi connectivity index (χ3v) is 2.17. The molecule has 0 aliphatic heterocycles. The standard InChI is InChI=1S/C10H16N4O2/c1-3-7(2)11-6-10(16)12-8-4-5-9(15)14-13-8/h4-5,7,11H,3,6H2,1-2H3,(H,14,15)(H,12,13,16). The molecule has 88 valence electrons. The highest BCUT2D eigenvalue weighted by Gasteiger charge is 2.04. The lowest BCUT2D eigenvalue weighted by atomic mass is 10.2. The molecule has 3 N–H and O–H groups in total. The average Bonchev–Trinajstić information content (AvgIpc) is 2.29. The number of carbonyl (C=O) groups is 1. The summed E-state index contributed by atoms with van der Waals surface area (Å²) in [6.45, 7) is 4.28. The molecule has 0 bridgehead atoms. The normalized spacial score (nSPS) is 12.1. The monoisotopic (exact) mass is 224 g/mol. The molecule has 0 saturated carbocycles. The van der Waals surface area contributed by atoms with Gasteiger partial charge in [0.25, 0.3) is 5.56 Å². The molecule has 0 radical (unpaired) electrons. The highest BCUT2D eigenvalue weighted by atomic mass is 16.2. The lowest BCUT2D eigenvalue weighted by Gasteiger charge is -2.10. The van der Waals surface area contributed by atoms with Crippen molar-refractivity contribution in [3.63, 3.8) is 0 Å². The molecule has 1 atom stereocenters. The van der Waals surface area contributed by atoms with E-state index in [1.165, 1.54) is 12.1 Å². The Kier molecular flexibility index (Phi) is 4.65. The fourth-order valence-electron chi connectivity index (χ4n) is 1.01. The minimum atomic E-state index is -0.296. The number of aromatic amines is 1. The van der Waals surface area contributed by atoms with Gasteiger partial charge in [-0.25, -0.2) is 5.10 Å². The minimum absolute atomic E-state index is 0.181. The molecule has 1 unspecified atom stereocenters. The van der Waals surface area contributed by atoms with E-state index in [0.29, 0.717) is 11.9 Å². The number of rotatable bonds is 5. The van der Waals surface area contributed by atoms with Gasteiger partial charge in [0.1, 0.15) is 0 Å². The zero-order valence-electron chi connectivity index (χ0n) is 9.41. The molecule has 1 aromatic heterocycles. The van der Waals surface area contributed by atoms with Crippen molar-refractivity contribution in [2.75, 3.05) is 11.9 Å². The summed E-state index contributed by atoms with van der Waals surface area (Å²) in [6, 6.07) is 3.07. The maximum atomic E-state index is 11.4. The molecular weight excluding hydrogens is 208 g/mol. The molecule has 1 aromatic rings. The fraction of sp³-hybridized carbons (Fsp3) is 0.500. The van der Waals surface area contributed by atoms with Crippen LogP contribution >= 0.6 is 0 Å². The molecule has 0 aliphatic rings. The third kappa shape index (κ3) is 4.22. The second-order valence-corrected chi connectivity index (χ2v) is 3.54. The number of amides is 1. The first-order chi connectivity index (χ1) is 7.61. The lowest BCUT2D eigenvalue weighted by Crippen LogP contribution is -2.34. The maximum Gasteiger partial charge on any atom is 0.264 e. The van der Waals surface area contributed by atoms with Crippen molar-refractivity contribution >= 4 is 11.7 Å². The summed E-state index contributed by atoms with van der Waals surface area (Å²) in [6.07, 6.45) is 0.962. The molecule has 0 aromatic carbocycles. The van der Waals surface area contributed by atoms with Crippen LogP contribution in [0.5, 0.6) is 0 Å². The fourth-order valence-corrected chi connectivity index (χ4v) is 1.01. The van der Waals surface area contributed by atoms with Gasteiger partial charge in [0.05, 0.1) is 6.54 Å². The van der Waals surface area contributed by atoms with Crippen molar-refractivity contribution in [1.82, 2.24) is 15.5 Å². The summed E-state index contributed by atoms with van der Waals surface area (Å²) < 4.78 is 0. The number of aromatic nitrogens is 2. The number of anilines is 1. The van der Waals surface area contributed by atoms with Crippen molar-refractivity contribution in [3.05, 3.63) is 22.5 Å². The Hall–Kier alpha value is -1.69. The molecular formula is C10H16N4O2. The van der Waals surface area contributed by atoms with Gasteiger partial charge in [-0.1, -0.05) is 6.92 Å². The Morgan fingerprint density at radius 3 is 2.88 bits per heavy atom. The largest absolute Gasteiger partial charge is 0.308 e. The van der Waals surface area contributed by atoms with Crippen LogP contribution in [0.2, 0.25) is 0 Å². The summed E-state index contributed by atoms with van der Waals surface area (Å²) in [4.78, 5) is 22.1. The van der Waals surface area contributed by atoms with Gasteiger partial charge in [0, 0.05) is 12.1 Å². The Morgan fingerprint density at radius 2 is 2.31 bits per heavy atom. The summed E-state index contributed by atoms with van der Waals surface area (Å²) in [5.74, 6) is 0.162. The Balaban J connectivity index is 2.40. The van der Waals surface area contributed by atoms with E-state index >= 15 is 0 Å². The van der Waals surface area contributed by atoms with E-state index in [4.69, 9.17) is 0 Å². The van der Waals surface area contributed by atoms with Gasteiger partial charge < -0.3 is 10.6 Å². The SMILES string of the molecule is CCC(C)NCC(=O)Nc1ccc(=O)[nH]n1. The van der Waals surface area contributed by atoms with Crippen molar-refractivity contribution in [3.8, 4) is 0 Å². The second kappa shape index (κ2) is 6.02. The molecule has 1 heterocycles. The zero-order valence-corrected chi connectivity index (χ0v) is 9.41. The third-order valence-electron chi connectivity index (χ3n) is 2.17. The van der Waals surface area contributed by atoms with E-state index in [9.17, 15) is 9.59 Å². The molecule has 16 heavy (non-hydrogen) atoms. The molecule has 1 amide bonds. The van der Waals surface area contributed by atoms with E-state index in [1.807, 2.05) is 13.8 Å². The Morgan fingerprint density at radius 1 is 1.56 bits per heavy atom. The van der Waals surface area contributed by atoms with Crippen molar-refractivity contribution in [1.29, 1.82) is 0 Å². The maximum absolute atomic E-state index is 11.4. The quantitative estimate of drug-likeness (QED) is 0.662. The molecule has 1 rings (SSSR count). The van der Waals surface area contributed by atoms with E-state index in [0.717, 1.165) is 6.42 Å². The van der Waals surface area contributed by atoms with Gasteiger partial charge in [-0.3, -0.25) is 9.59 Å². The van der Waals surface area contributed by atoms with Crippen LogP contribution in [-0.2, 0) is 4.79 Å². The van der Waals surface area contributed by atoms with Crippen molar-refractivity contribution in [2.45, 2.75) is 26.3 Å². The van der Waals surface area contributed by atoms with E-state index < -0.39 is 0 Å². The van der Waals surface area contributed by atoms with E-state index in [2.05, 4.69) is 20.8 Å². The highest BCUT2D eigenvalue weighted by molar-refractivity contribution is 5.91. The molecule has 6 heteroatoms. The first-order valence-corrected chi connectivity index (χ1v) is 5.20. The van der Waals surface area contributed by atoms with Gasteiger partial charge in [0.2, 0.25) is 5.91 Å². The number of hydrogen-bond acceptors (Lipinski definition) is 4. The number of carbonyl (C=O) groups excluding carboxylic acids is 1. The lowest BCUT2D eigenvalue weighted by molar-refractivity contribution is -0.115. The van der Waals surface area contributed by atoms with Gasteiger partial charge in [-0.2, -0.15) is 5.10 Å². The summed E-state index contributed by atoms with van der Waals surface area (Å²) >= 11 is 0. The highest BCUT2D eigenvalue weighted by Crippen LogP contribution is 1.95. The number of nitrogens with one attached hydrogen (secondary N) is 3. The van der Waals surface area contributed by atoms with E-state index in [-0.39, 0.29) is 18.0 Å². The molecule has 0 spiro atoms. The second-order valence-electron chi connectivity index (χ2n) is 3.54. The van der Waals surface area contributed by atoms with Gasteiger partial charge in [0.15, 0.2) is 5.82 Å². The molecule has 0 fully saturated rings. The van der Waals surface area contributed by atoms with Crippen LogP contribution in [0.1, 0.15) is 20.3 Å². The number of H-pyrrole nitrogens is 1. The molecule has 6 nitrogen and oxygen atoms in total. The number of hydrogen-bond donors (Lipinski definition) is 3. The first-order valence-electron chi connectivity index (χ1n) is 5.20. The Labute approximate surface area is 93.5 Å². The van der Waals surface area contributed by atoms with Crippen LogP contribution in [0.15, 0.2) is 16.9 Å². The Bertz CT molecular complexity index is 382. The van der Waals surface area contributed by atoms with Crippen molar-refractivity contribution in [2.24, 2.45) is 0 Å². The predicted octanol–water partition coefficient (Wildman–Crippen LogP) is 0.0965. The molecule has 0 saturated heterocycles. The zero-order chi connectivity index (χ0) is 12.0. The summed E-state index contributed by atoms with van der Waals surface area (Å²) in [7, 11) is 0. The van der Waals surface area contributed by atoms with Crippen LogP contribution in [0.25, 0.3) is 0 Å². The molecule has 0 aliphatic carbocycles. The van der Waals surface area contributed by atoms with Crippen LogP contribution in [0, 0.1) is 0 Å². The average molecular weight is 224 g/mol. The predicted molar refractivity (Wildman–Crippen MR) is 61.2 cm³/mol. The topological polar surface area (TPSA) is 86.9 Å². The van der Waals surface area contributed by atoms with Crippen LogP contribution in [-0.4, -0.2) is 28.7 Å². The van der Waals surface area contributed by atoms with Gasteiger partial charge in [-0.05, 0) is 19.4 Å². The van der Waals surface area contributed by atoms with Gasteiger partial charge >= 0.3 is 0 Å². The smallest absolute Gasteiger partial charge is 0.264 e. The summed E-state index contributed by atoms with van der Waals surface area (Å²) in [5, 5.41) is 11.5. The first kappa shape index (κ1) is 12.4. The van der Waals surface area contributed by atoms with Gasteiger partial charge in [-0.15, -0.1) is 0 Å². The summed E-state index contributed by atoms with van der Waals surface area (Å²) in [5.41, 5.74) is -0.296. The van der Waals surface area contributed by atoms with E-state index in [1.54, 1.807) is 0 Å². The van der Waals surface area contributed by atoms with Crippen LogP contribution < -0.4 is 16.2 Å². The minimum Gasteiger partial charge on any atom is -0.308 e.